The van der Waals surface area contributed by atoms with Crippen LogP contribution in [-0.2, 0) is 25.0 Å². The summed E-state index contributed by atoms with van der Waals surface area (Å²) < 4.78 is 76.4. The molecule has 1 atom stereocenters. The molecule has 0 fully saturated rings. The first kappa shape index (κ1) is 40.8. The van der Waals surface area contributed by atoms with Crippen molar-refractivity contribution in [3.05, 3.63) is 72.8 Å². The number of azo groups is 1. The van der Waals surface area contributed by atoms with Crippen molar-refractivity contribution in [3.8, 4) is 11.5 Å². The Labute approximate surface area is 307 Å². The van der Waals surface area contributed by atoms with Gasteiger partial charge in [-0.05, 0) is 67.4 Å². The summed E-state index contributed by atoms with van der Waals surface area (Å²) >= 11 is 0. The topological polar surface area (TPSA) is 181 Å². The van der Waals surface area contributed by atoms with Gasteiger partial charge in [-0.25, -0.2) is 16.8 Å². The molecule has 1 amide bonds. The maximum Gasteiger partial charge on any atom is 0.280 e. The molecule has 52 heavy (non-hydrogen) atoms. The molecule has 0 spiro atoms. The van der Waals surface area contributed by atoms with Crippen LogP contribution in [0.4, 0.5) is 11.4 Å². The van der Waals surface area contributed by atoms with Crippen molar-refractivity contribution in [2.45, 2.75) is 125 Å². The van der Waals surface area contributed by atoms with E-state index < -0.39 is 42.0 Å². The minimum absolute atomic E-state index is 0.0385. The highest BCUT2D eigenvalue weighted by Gasteiger charge is 2.37. The lowest BCUT2D eigenvalue weighted by Gasteiger charge is -2.18. The van der Waals surface area contributed by atoms with E-state index in [0.717, 1.165) is 48.9 Å². The molecule has 4 rings (SSSR count). The Morgan fingerprint density at radius 1 is 0.712 bits per heavy atom. The summed E-state index contributed by atoms with van der Waals surface area (Å²) in [7, 11) is -9.66. The van der Waals surface area contributed by atoms with Crippen molar-refractivity contribution >= 4 is 43.2 Å². The normalized spacial score (nSPS) is 15.1. The Bertz CT molecular complexity index is 1870. The molecule has 14 heteroatoms. The zero-order chi connectivity index (χ0) is 37.4. The van der Waals surface area contributed by atoms with E-state index in [-0.39, 0.29) is 17.1 Å². The molecule has 1 heterocycles. The zero-order valence-corrected chi connectivity index (χ0v) is 31.3. The lowest BCUT2D eigenvalue weighted by molar-refractivity contribution is -0.117. The summed E-state index contributed by atoms with van der Waals surface area (Å²) in [6.07, 6.45) is 18.5. The molecule has 3 aromatic carbocycles. The summed E-state index contributed by atoms with van der Waals surface area (Å²) in [6, 6.07) is 15.8. The van der Waals surface area contributed by atoms with Crippen molar-refractivity contribution in [3.63, 3.8) is 0 Å². The van der Waals surface area contributed by atoms with Gasteiger partial charge in [0, 0.05) is 0 Å². The third kappa shape index (κ3) is 12.9. The summed E-state index contributed by atoms with van der Waals surface area (Å²) in [4.78, 5) is 12.6. The number of ether oxygens (including phenoxy) is 1. The maximum absolute atomic E-state index is 13.7. The number of nitrogens with zero attached hydrogens (tertiary/aromatic N) is 4. The van der Waals surface area contributed by atoms with Gasteiger partial charge < -0.3 is 13.8 Å². The number of carbonyl (C=O) groups is 1. The highest BCUT2D eigenvalue weighted by molar-refractivity contribution is 7.86. The van der Waals surface area contributed by atoms with Crippen molar-refractivity contribution < 1.29 is 35.5 Å². The Kier molecular flexibility index (Phi) is 15.9. The molecule has 282 valence electrons. The number of para-hydroxylation sites is 1. The van der Waals surface area contributed by atoms with E-state index in [9.17, 15) is 30.7 Å². The second kappa shape index (κ2) is 20.3. The Hall–Kier alpha value is -3.98. The first-order valence-corrected chi connectivity index (χ1v) is 21.0. The fraction of sp³-hybridized carbons (Fsp3) is 0.474. The van der Waals surface area contributed by atoms with Crippen LogP contribution in [0.15, 0.2) is 97.9 Å². The average Bonchev–Trinajstić information content (AvgIpc) is 3.43. The van der Waals surface area contributed by atoms with Crippen LogP contribution in [-0.4, -0.2) is 43.6 Å². The minimum atomic E-state index is -5.02. The third-order valence-electron chi connectivity index (χ3n) is 8.85. The molecule has 12 nitrogen and oxygen atoms in total. The number of hydrogen-bond donors (Lipinski definition) is 0. The predicted octanol–water partition coefficient (Wildman–Crippen LogP) is 9.40. The van der Waals surface area contributed by atoms with Gasteiger partial charge in [0.1, 0.15) is 31.7 Å². The van der Waals surface area contributed by atoms with Crippen LogP contribution < -0.4 is 9.75 Å². The molecule has 0 N–H and O–H groups in total. The maximum atomic E-state index is 13.7. The van der Waals surface area contributed by atoms with Gasteiger partial charge in [-0.1, -0.05) is 115 Å². The van der Waals surface area contributed by atoms with E-state index in [2.05, 4.69) is 22.3 Å². The molecule has 3 aromatic rings. The Morgan fingerprint density at radius 3 is 1.81 bits per heavy atom. The molecule has 0 aromatic heterocycles. The van der Waals surface area contributed by atoms with Crippen LogP contribution in [0.5, 0.6) is 11.5 Å². The molecular weight excluding hydrogens is 705 g/mol. The van der Waals surface area contributed by atoms with E-state index >= 15 is 0 Å². The second-order valence-corrected chi connectivity index (χ2v) is 15.7. The number of carbonyl (C=O) groups excluding carboxylic acids is 1. The highest BCUT2D eigenvalue weighted by atomic mass is 32.2. The van der Waals surface area contributed by atoms with Gasteiger partial charge in [0.25, 0.3) is 5.91 Å². The number of benzene rings is 3. The summed E-state index contributed by atoms with van der Waals surface area (Å²) in [5.74, 6) is -0.481. The number of unbranched alkanes of at least 4 members (excludes halogenated alkanes) is 14. The van der Waals surface area contributed by atoms with E-state index in [1.807, 2.05) is 0 Å². The molecule has 1 aliphatic rings. The second-order valence-electron chi connectivity index (χ2n) is 13.0. The lowest BCUT2D eigenvalue weighted by atomic mass is 10.0. The minimum Gasteiger partial charge on any atom is -0.744 e. The summed E-state index contributed by atoms with van der Waals surface area (Å²) in [5, 5.41) is 13.9. The zero-order valence-electron chi connectivity index (χ0n) is 29.7. The number of hydrazone groups is 1. The SMILES string of the molecule is CCCCCCCCCCCCCCCCCC1=NN(c2ccc(Oc3ccccc3)c(S(=O)(=O)[O-])c2)C(=O)C1N=Nc1ccc(S(=O)(=O)[O-])cc1. The van der Waals surface area contributed by atoms with E-state index in [4.69, 9.17) is 4.74 Å². The van der Waals surface area contributed by atoms with E-state index in [1.165, 1.54) is 94.9 Å². The van der Waals surface area contributed by atoms with Crippen molar-refractivity contribution in [2.24, 2.45) is 15.3 Å². The van der Waals surface area contributed by atoms with Crippen molar-refractivity contribution in [2.75, 3.05) is 5.01 Å². The molecule has 0 saturated heterocycles. The van der Waals surface area contributed by atoms with Crippen LogP contribution in [0.3, 0.4) is 0 Å². The van der Waals surface area contributed by atoms with Gasteiger partial charge in [0.05, 0.1) is 26.9 Å². The fourth-order valence-electron chi connectivity index (χ4n) is 5.98. The monoisotopic (exact) mass is 752 g/mol. The van der Waals surface area contributed by atoms with E-state index in [0.29, 0.717) is 17.9 Å². The van der Waals surface area contributed by atoms with Crippen LogP contribution >= 0.6 is 0 Å². The van der Waals surface area contributed by atoms with Gasteiger partial charge in [-0.15, -0.1) is 0 Å². The number of amides is 1. The van der Waals surface area contributed by atoms with Gasteiger partial charge in [0.15, 0.2) is 6.04 Å². The summed E-state index contributed by atoms with van der Waals surface area (Å²) in [5.41, 5.74) is 0.669. The molecule has 0 aliphatic carbocycles. The molecule has 0 radical (unpaired) electrons. The van der Waals surface area contributed by atoms with Crippen LogP contribution in [0.1, 0.15) is 110 Å². The van der Waals surface area contributed by atoms with Crippen molar-refractivity contribution in [1.82, 2.24) is 0 Å². The molecule has 0 saturated carbocycles. The predicted molar refractivity (Wildman–Crippen MR) is 198 cm³/mol. The van der Waals surface area contributed by atoms with Gasteiger partial charge >= 0.3 is 0 Å². The van der Waals surface area contributed by atoms with Gasteiger partial charge in [0.2, 0.25) is 0 Å². The average molecular weight is 753 g/mol. The first-order valence-electron chi connectivity index (χ1n) is 18.2. The smallest absolute Gasteiger partial charge is 0.280 e. The largest absolute Gasteiger partial charge is 0.744 e. The fourth-order valence-corrected chi connectivity index (χ4v) is 7.07. The Balaban J connectivity index is 1.39. The molecular formula is C38H48N4O8S2-2. The standard InChI is InChI=1S/C38H50N4O8S2/c1-2-3-4-5-6-7-8-9-10-11-12-13-14-15-19-22-34-37(40-39-30-23-26-33(27-24-30)51(44,45)46)38(43)42(41-34)31-25-28-35(36(29-31)52(47,48)49)50-32-20-17-16-18-21-32/h16-18,20-21,23-29,37H,2-15,19,22H2,1H3,(H,44,45,46)(H,47,48,49)/p-2. The Morgan fingerprint density at radius 2 is 1.27 bits per heavy atom. The number of anilines is 1. The lowest BCUT2D eigenvalue weighted by Crippen LogP contribution is -2.30. The van der Waals surface area contributed by atoms with Gasteiger partial charge in [-0.3, -0.25) is 4.79 Å². The number of hydrogen-bond acceptors (Lipinski definition) is 11. The quantitative estimate of drug-likeness (QED) is 0.0521. The highest BCUT2D eigenvalue weighted by Crippen LogP contribution is 2.34. The van der Waals surface area contributed by atoms with Crippen LogP contribution in [0.25, 0.3) is 0 Å². The third-order valence-corrected chi connectivity index (χ3v) is 10.6. The van der Waals surface area contributed by atoms with E-state index in [1.54, 1.807) is 30.3 Å². The first-order chi connectivity index (χ1) is 25.0. The molecule has 1 unspecified atom stereocenters. The molecule has 1 aliphatic heterocycles. The number of rotatable bonds is 23. The van der Waals surface area contributed by atoms with Crippen LogP contribution in [0.2, 0.25) is 0 Å². The summed E-state index contributed by atoms with van der Waals surface area (Å²) in [6.45, 7) is 2.24. The van der Waals surface area contributed by atoms with Crippen LogP contribution in [0, 0.1) is 0 Å². The van der Waals surface area contributed by atoms with Gasteiger partial charge in [-0.2, -0.15) is 20.3 Å². The van der Waals surface area contributed by atoms with Crippen molar-refractivity contribution in [1.29, 1.82) is 0 Å². The molecule has 0 bridgehead atoms.